The summed E-state index contributed by atoms with van der Waals surface area (Å²) in [5.41, 5.74) is 8.60. The van der Waals surface area contributed by atoms with Crippen LogP contribution >= 0.6 is 11.6 Å². The molecule has 0 atom stereocenters. The molecule has 6 heteroatoms. The molecule has 106 valence electrons. The smallest absolute Gasteiger partial charge is 0.251 e. The summed E-state index contributed by atoms with van der Waals surface area (Å²) in [6.45, 7) is 2.47. The van der Waals surface area contributed by atoms with Crippen molar-refractivity contribution in [1.82, 2.24) is 15.1 Å². The van der Waals surface area contributed by atoms with Gasteiger partial charge in [0.1, 0.15) is 0 Å². The number of aryl methyl sites for hydroxylation is 2. The molecule has 3 N–H and O–H groups in total. The first-order valence-electron chi connectivity index (χ1n) is 6.35. The number of carbonyl (C=O) groups excluding carboxylic acids is 1. The van der Waals surface area contributed by atoms with Crippen molar-refractivity contribution < 1.29 is 4.79 Å². The van der Waals surface area contributed by atoms with Crippen molar-refractivity contribution in [2.75, 3.05) is 5.73 Å². The lowest BCUT2D eigenvalue weighted by molar-refractivity contribution is 0.0951. The second kappa shape index (κ2) is 5.96. The van der Waals surface area contributed by atoms with Gasteiger partial charge in [0.15, 0.2) is 0 Å². The lowest BCUT2D eigenvalue weighted by Crippen LogP contribution is -2.23. The topological polar surface area (TPSA) is 72.9 Å². The number of amides is 1. The minimum absolute atomic E-state index is 0.204. The molecule has 1 amide bonds. The van der Waals surface area contributed by atoms with Crippen LogP contribution in [-0.4, -0.2) is 15.7 Å². The van der Waals surface area contributed by atoms with Crippen molar-refractivity contribution in [3.8, 4) is 0 Å². The van der Waals surface area contributed by atoms with Gasteiger partial charge in [0, 0.05) is 41.6 Å². The number of nitrogens with zero attached hydrogens (tertiary/aromatic N) is 2. The summed E-state index contributed by atoms with van der Waals surface area (Å²) in [7, 11) is 1.86. The standard InChI is InChI=1S/C14H17ClN4O/c1-3-13-10(8-19(2)18-13)7-17-14(20)9-4-11(15)6-12(16)5-9/h4-6,8H,3,7,16H2,1-2H3,(H,17,20). The summed E-state index contributed by atoms with van der Waals surface area (Å²) in [4.78, 5) is 12.1. The van der Waals surface area contributed by atoms with E-state index in [1.807, 2.05) is 20.2 Å². The molecule has 1 aromatic heterocycles. The Bertz CT molecular complexity index is 616. The van der Waals surface area contributed by atoms with Gasteiger partial charge in [-0.05, 0) is 24.6 Å². The highest BCUT2D eigenvalue weighted by Gasteiger charge is 2.10. The van der Waals surface area contributed by atoms with Gasteiger partial charge in [-0.25, -0.2) is 0 Å². The number of carbonyl (C=O) groups is 1. The van der Waals surface area contributed by atoms with Gasteiger partial charge in [0.05, 0.1) is 5.69 Å². The molecular formula is C14H17ClN4O. The van der Waals surface area contributed by atoms with E-state index in [4.69, 9.17) is 17.3 Å². The van der Waals surface area contributed by atoms with Crippen LogP contribution < -0.4 is 11.1 Å². The van der Waals surface area contributed by atoms with Crippen molar-refractivity contribution in [3.05, 3.63) is 46.2 Å². The summed E-state index contributed by atoms with van der Waals surface area (Å²) in [6, 6.07) is 4.80. The molecule has 2 rings (SSSR count). The Hall–Kier alpha value is -2.01. The van der Waals surface area contributed by atoms with Gasteiger partial charge in [-0.1, -0.05) is 18.5 Å². The zero-order valence-corrected chi connectivity index (χ0v) is 12.2. The number of nitrogens with one attached hydrogen (secondary N) is 1. The molecule has 0 saturated heterocycles. The van der Waals surface area contributed by atoms with Crippen molar-refractivity contribution in [2.45, 2.75) is 19.9 Å². The molecule has 0 radical (unpaired) electrons. The van der Waals surface area contributed by atoms with E-state index < -0.39 is 0 Å². The zero-order chi connectivity index (χ0) is 14.7. The SMILES string of the molecule is CCc1nn(C)cc1CNC(=O)c1cc(N)cc(Cl)c1. The van der Waals surface area contributed by atoms with Gasteiger partial charge in [-0.15, -0.1) is 0 Å². The minimum Gasteiger partial charge on any atom is -0.399 e. The first-order valence-corrected chi connectivity index (χ1v) is 6.73. The van der Waals surface area contributed by atoms with Crippen LogP contribution in [0, 0.1) is 0 Å². The van der Waals surface area contributed by atoms with E-state index in [-0.39, 0.29) is 5.91 Å². The Kier molecular flexibility index (Phi) is 4.29. The Balaban J connectivity index is 2.08. The summed E-state index contributed by atoms with van der Waals surface area (Å²) in [5, 5.41) is 7.63. The molecule has 0 aliphatic rings. The number of hydrogen-bond acceptors (Lipinski definition) is 3. The predicted molar refractivity (Wildman–Crippen MR) is 79.6 cm³/mol. The van der Waals surface area contributed by atoms with E-state index in [0.29, 0.717) is 22.8 Å². The van der Waals surface area contributed by atoms with E-state index in [1.54, 1.807) is 22.9 Å². The second-order valence-electron chi connectivity index (χ2n) is 4.58. The van der Waals surface area contributed by atoms with E-state index in [9.17, 15) is 4.79 Å². The maximum atomic E-state index is 12.1. The third kappa shape index (κ3) is 3.30. The van der Waals surface area contributed by atoms with E-state index in [1.165, 1.54) is 0 Å². The number of benzene rings is 1. The van der Waals surface area contributed by atoms with Crippen LogP contribution in [0.1, 0.15) is 28.5 Å². The molecule has 0 unspecified atom stereocenters. The fraction of sp³-hybridized carbons (Fsp3) is 0.286. The Morgan fingerprint density at radius 3 is 2.85 bits per heavy atom. The molecule has 0 saturated carbocycles. The molecule has 0 spiro atoms. The molecule has 5 nitrogen and oxygen atoms in total. The van der Waals surface area contributed by atoms with Crippen molar-refractivity contribution in [2.24, 2.45) is 7.05 Å². The maximum Gasteiger partial charge on any atom is 0.251 e. The molecule has 20 heavy (non-hydrogen) atoms. The van der Waals surface area contributed by atoms with Gasteiger partial charge in [0.25, 0.3) is 5.91 Å². The Morgan fingerprint density at radius 1 is 1.45 bits per heavy atom. The number of halogens is 1. The average Bonchev–Trinajstić information content (AvgIpc) is 2.75. The van der Waals surface area contributed by atoms with Crippen LogP contribution in [0.2, 0.25) is 5.02 Å². The normalized spacial score (nSPS) is 10.6. The molecule has 1 heterocycles. The molecule has 0 bridgehead atoms. The fourth-order valence-electron chi connectivity index (χ4n) is 2.05. The molecule has 2 aromatic rings. The highest BCUT2D eigenvalue weighted by atomic mass is 35.5. The average molecular weight is 293 g/mol. The van der Waals surface area contributed by atoms with Crippen LogP contribution in [0.4, 0.5) is 5.69 Å². The van der Waals surface area contributed by atoms with Gasteiger partial charge >= 0.3 is 0 Å². The predicted octanol–water partition coefficient (Wildman–Crippen LogP) is 2.15. The molecular weight excluding hydrogens is 276 g/mol. The quantitative estimate of drug-likeness (QED) is 0.848. The van der Waals surface area contributed by atoms with Crippen molar-refractivity contribution >= 4 is 23.2 Å². The molecule has 1 aromatic carbocycles. The lowest BCUT2D eigenvalue weighted by atomic mass is 10.1. The summed E-state index contributed by atoms with van der Waals surface area (Å²) in [6.07, 6.45) is 2.74. The molecule has 0 aliphatic heterocycles. The third-order valence-electron chi connectivity index (χ3n) is 2.95. The van der Waals surface area contributed by atoms with Crippen LogP contribution in [0.25, 0.3) is 0 Å². The van der Waals surface area contributed by atoms with Crippen molar-refractivity contribution in [3.63, 3.8) is 0 Å². The van der Waals surface area contributed by atoms with Crippen molar-refractivity contribution in [1.29, 1.82) is 0 Å². The maximum absolute atomic E-state index is 12.1. The number of aromatic nitrogens is 2. The van der Waals surface area contributed by atoms with Crippen LogP contribution in [0.5, 0.6) is 0 Å². The number of nitrogens with two attached hydrogens (primary N) is 1. The van der Waals surface area contributed by atoms with E-state index in [2.05, 4.69) is 10.4 Å². The fourth-order valence-corrected chi connectivity index (χ4v) is 2.29. The van der Waals surface area contributed by atoms with Crippen LogP contribution in [0.15, 0.2) is 24.4 Å². The van der Waals surface area contributed by atoms with Gasteiger partial charge in [-0.2, -0.15) is 5.10 Å². The van der Waals surface area contributed by atoms with Gasteiger partial charge in [0.2, 0.25) is 0 Å². The Labute approximate surface area is 122 Å². The first-order chi connectivity index (χ1) is 9.49. The molecule has 0 aliphatic carbocycles. The first kappa shape index (κ1) is 14.4. The number of hydrogen-bond donors (Lipinski definition) is 2. The zero-order valence-electron chi connectivity index (χ0n) is 11.5. The van der Waals surface area contributed by atoms with Crippen LogP contribution in [0.3, 0.4) is 0 Å². The minimum atomic E-state index is -0.204. The monoisotopic (exact) mass is 292 g/mol. The summed E-state index contributed by atoms with van der Waals surface area (Å²) < 4.78 is 1.75. The number of nitrogen functional groups attached to an aromatic ring is 1. The highest BCUT2D eigenvalue weighted by Crippen LogP contribution is 2.16. The molecule has 0 fully saturated rings. The second-order valence-corrected chi connectivity index (χ2v) is 5.02. The summed E-state index contributed by atoms with van der Waals surface area (Å²) in [5.74, 6) is -0.204. The Morgan fingerprint density at radius 2 is 2.20 bits per heavy atom. The number of rotatable bonds is 4. The van der Waals surface area contributed by atoms with Crippen LogP contribution in [-0.2, 0) is 20.0 Å². The number of anilines is 1. The van der Waals surface area contributed by atoms with Gasteiger partial charge in [-0.3, -0.25) is 9.48 Å². The summed E-state index contributed by atoms with van der Waals surface area (Å²) >= 11 is 5.89. The van der Waals surface area contributed by atoms with E-state index >= 15 is 0 Å². The van der Waals surface area contributed by atoms with Gasteiger partial charge < -0.3 is 11.1 Å². The highest BCUT2D eigenvalue weighted by molar-refractivity contribution is 6.31. The lowest BCUT2D eigenvalue weighted by Gasteiger charge is -2.06. The van der Waals surface area contributed by atoms with E-state index in [0.717, 1.165) is 17.7 Å². The third-order valence-corrected chi connectivity index (χ3v) is 3.17. The largest absolute Gasteiger partial charge is 0.399 e.